The van der Waals surface area contributed by atoms with Crippen LogP contribution in [0.15, 0.2) is 24.3 Å². The van der Waals surface area contributed by atoms with Gasteiger partial charge in [-0.15, -0.1) is 12.4 Å². The summed E-state index contributed by atoms with van der Waals surface area (Å²) in [4.78, 5) is 11.9. The highest BCUT2D eigenvalue weighted by Gasteiger charge is 2.14. The second kappa shape index (κ2) is 7.39. The van der Waals surface area contributed by atoms with Gasteiger partial charge in [0.1, 0.15) is 0 Å². The minimum Gasteiger partial charge on any atom is -0.352 e. The van der Waals surface area contributed by atoms with Crippen LogP contribution in [0.5, 0.6) is 0 Å². The normalized spacial score (nSPS) is 18.8. The lowest BCUT2D eigenvalue weighted by molar-refractivity contribution is 0.0944. The largest absolute Gasteiger partial charge is 0.352 e. The van der Waals surface area contributed by atoms with Crippen LogP contribution in [0.4, 0.5) is 0 Å². The highest BCUT2D eigenvalue weighted by Crippen LogP contribution is 2.09. The lowest BCUT2D eigenvalue weighted by Crippen LogP contribution is -2.38. The van der Waals surface area contributed by atoms with Gasteiger partial charge >= 0.3 is 0 Å². The molecule has 18 heavy (non-hydrogen) atoms. The molecule has 4 heteroatoms. The molecule has 1 aromatic rings. The molecule has 1 aliphatic heterocycles. The maximum absolute atomic E-state index is 11.9. The Morgan fingerprint density at radius 3 is 3.00 bits per heavy atom. The summed E-state index contributed by atoms with van der Waals surface area (Å²) >= 11 is 0. The van der Waals surface area contributed by atoms with Gasteiger partial charge in [-0.25, -0.2) is 0 Å². The van der Waals surface area contributed by atoms with Gasteiger partial charge in [0, 0.05) is 12.1 Å². The van der Waals surface area contributed by atoms with Gasteiger partial charge in [-0.2, -0.15) is 0 Å². The predicted octanol–water partition coefficient (Wildman–Crippen LogP) is 2.15. The van der Waals surface area contributed by atoms with Crippen LogP contribution in [0, 0.1) is 12.8 Å². The number of amides is 1. The molecule has 2 rings (SSSR count). The molecule has 100 valence electrons. The van der Waals surface area contributed by atoms with Gasteiger partial charge in [-0.3, -0.25) is 4.79 Å². The molecule has 1 atom stereocenters. The van der Waals surface area contributed by atoms with E-state index < -0.39 is 0 Å². The number of nitrogens with one attached hydrogen (secondary N) is 2. The van der Waals surface area contributed by atoms with Gasteiger partial charge in [0.15, 0.2) is 0 Å². The van der Waals surface area contributed by atoms with E-state index in [0.717, 1.165) is 30.8 Å². The highest BCUT2D eigenvalue weighted by molar-refractivity contribution is 5.94. The van der Waals surface area contributed by atoms with E-state index in [9.17, 15) is 4.79 Å². The molecule has 0 aromatic heterocycles. The van der Waals surface area contributed by atoms with Gasteiger partial charge in [-0.05, 0) is 50.9 Å². The number of piperidine rings is 1. The average Bonchev–Trinajstić information content (AvgIpc) is 2.37. The van der Waals surface area contributed by atoms with Crippen molar-refractivity contribution in [2.75, 3.05) is 19.6 Å². The summed E-state index contributed by atoms with van der Waals surface area (Å²) in [5, 5.41) is 6.37. The molecule has 1 aromatic carbocycles. The summed E-state index contributed by atoms with van der Waals surface area (Å²) in [6.07, 6.45) is 2.42. The number of hydrogen-bond acceptors (Lipinski definition) is 2. The van der Waals surface area contributed by atoms with Crippen molar-refractivity contribution in [2.45, 2.75) is 19.8 Å². The molecule has 1 heterocycles. The number of carbonyl (C=O) groups is 1. The fourth-order valence-electron chi connectivity index (χ4n) is 2.22. The Bertz CT molecular complexity index is 389. The lowest BCUT2D eigenvalue weighted by Gasteiger charge is -2.22. The van der Waals surface area contributed by atoms with Crippen molar-refractivity contribution in [3.63, 3.8) is 0 Å². The number of benzene rings is 1. The Morgan fingerprint density at radius 2 is 2.33 bits per heavy atom. The zero-order valence-corrected chi connectivity index (χ0v) is 11.6. The zero-order valence-electron chi connectivity index (χ0n) is 10.7. The summed E-state index contributed by atoms with van der Waals surface area (Å²) in [5.74, 6) is 0.622. The van der Waals surface area contributed by atoms with Crippen molar-refractivity contribution in [1.82, 2.24) is 10.6 Å². The number of rotatable bonds is 3. The van der Waals surface area contributed by atoms with Crippen molar-refractivity contribution in [1.29, 1.82) is 0 Å². The van der Waals surface area contributed by atoms with Crippen LogP contribution < -0.4 is 10.6 Å². The average molecular weight is 269 g/mol. The Kier molecular flexibility index (Phi) is 6.16. The Balaban J connectivity index is 0.00000162. The van der Waals surface area contributed by atoms with Gasteiger partial charge in [-0.1, -0.05) is 17.7 Å². The SMILES string of the molecule is Cc1cccc(C(=O)NCC2CCCNC2)c1.Cl. The third-order valence-corrected chi connectivity index (χ3v) is 3.23. The van der Waals surface area contributed by atoms with Crippen LogP contribution in [0.2, 0.25) is 0 Å². The molecular formula is C14H21ClN2O. The molecule has 3 nitrogen and oxygen atoms in total. The maximum Gasteiger partial charge on any atom is 0.251 e. The monoisotopic (exact) mass is 268 g/mol. The lowest BCUT2D eigenvalue weighted by atomic mass is 9.99. The van der Waals surface area contributed by atoms with E-state index in [1.165, 1.54) is 12.8 Å². The van der Waals surface area contributed by atoms with Crippen LogP contribution in [0.1, 0.15) is 28.8 Å². The van der Waals surface area contributed by atoms with Crippen LogP contribution in [-0.2, 0) is 0 Å². The highest BCUT2D eigenvalue weighted by atomic mass is 35.5. The molecule has 0 radical (unpaired) electrons. The first-order chi connectivity index (χ1) is 8.25. The molecule has 1 fully saturated rings. The minimum atomic E-state index is 0. The Labute approximate surface area is 115 Å². The van der Waals surface area contributed by atoms with E-state index in [4.69, 9.17) is 0 Å². The second-order valence-electron chi connectivity index (χ2n) is 4.79. The number of halogens is 1. The summed E-state index contributed by atoms with van der Waals surface area (Å²) in [7, 11) is 0. The van der Waals surface area contributed by atoms with Crippen molar-refractivity contribution in [3.05, 3.63) is 35.4 Å². The van der Waals surface area contributed by atoms with E-state index >= 15 is 0 Å². The third kappa shape index (κ3) is 4.31. The number of hydrogen-bond donors (Lipinski definition) is 2. The molecule has 1 amide bonds. The maximum atomic E-state index is 11.9. The molecule has 2 N–H and O–H groups in total. The molecule has 1 saturated heterocycles. The molecule has 1 unspecified atom stereocenters. The standard InChI is InChI=1S/C14H20N2O.ClH/c1-11-4-2-6-13(8-11)14(17)16-10-12-5-3-7-15-9-12;/h2,4,6,8,12,15H,3,5,7,9-10H2,1H3,(H,16,17);1H. The fraction of sp³-hybridized carbons (Fsp3) is 0.500. The topological polar surface area (TPSA) is 41.1 Å². The van der Waals surface area contributed by atoms with Gasteiger partial charge in [0.2, 0.25) is 0 Å². The van der Waals surface area contributed by atoms with Crippen LogP contribution in [-0.4, -0.2) is 25.5 Å². The summed E-state index contributed by atoms with van der Waals surface area (Å²) in [6.45, 7) is 4.91. The molecule has 1 aliphatic rings. The van der Waals surface area contributed by atoms with E-state index in [0.29, 0.717) is 5.92 Å². The summed E-state index contributed by atoms with van der Waals surface area (Å²) in [6, 6.07) is 7.71. The van der Waals surface area contributed by atoms with Gasteiger partial charge < -0.3 is 10.6 Å². The Hall–Kier alpha value is -1.06. The van der Waals surface area contributed by atoms with E-state index in [1.807, 2.05) is 31.2 Å². The first-order valence-electron chi connectivity index (χ1n) is 6.31. The van der Waals surface area contributed by atoms with Crippen LogP contribution >= 0.6 is 12.4 Å². The molecular weight excluding hydrogens is 248 g/mol. The van der Waals surface area contributed by atoms with Gasteiger partial charge in [0.25, 0.3) is 5.91 Å². The summed E-state index contributed by atoms with van der Waals surface area (Å²) < 4.78 is 0. The van der Waals surface area contributed by atoms with Crippen molar-refractivity contribution < 1.29 is 4.79 Å². The first kappa shape index (κ1) is 15.0. The van der Waals surface area contributed by atoms with Crippen molar-refractivity contribution in [3.8, 4) is 0 Å². The van der Waals surface area contributed by atoms with E-state index in [2.05, 4.69) is 10.6 Å². The fourth-order valence-corrected chi connectivity index (χ4v) is 2.22. The number of carbonyl (C=O) groups excluding carboxylic acids is 1. The van der Waals surface area contributed by atoms with Crippen LogP contribution in [0.3, 0.4) is 0 Å². The quantitative estimate of drug-likeness (QED) is 0.882. The first-order valence-corrected chi connectivity index (χ1v) is 6.31. The molecule has 0 spiro atoms. The summed E-state index contributed by atoms with van der Waals surface area (Å²) in [5.41, 5.74) is 1.88. The molecule has 0 saturated carbocycles. The zero-order chi connectivity index (χ0) is 12.1. The van der Waals surface area contributed by atoms with Crippen molar-refractivity contribution >= 4 is 18.3 Å². The molecule has 0 bridgehead atoms. The minimum absolute atomic E-state index is 0. The van der Waals surface area contributed by atoms with Gasteiger partial charge in [0.05, 0.1) is 0 Å². The third-order valence-electron chi connectivity index (χ3n) is 3.23. The Morgan fingerprint density at radius 1 is 1.50 bits per heavy atom. The van der Waals surface area contributed by atoms with Crippen molar-refractivity contribution in [2.24, 2.45) is 5.92 Å². The second-order valence-corrected chi connectivity index (χ2v) is 4.79. The smallest absolute Gasteiger partial charge is 0.251 e. The van der Waals surface area contributed by atoms with E-state index in [1.54, 1.807) is 0 Å². The molecule has 0 aliphatic carbocycles. The number of aryl methyl sites for hydroxylation is 1. The van der Waals surface area contributed by atoms with E-state index in [-0.39, 0.29) is 18.3 Å². The predicted molar refractivity (Wildman–Crippen MR) is 76.4 cm³/mol. The van der Waals surface area contributed by atoms with Crippen LogP contribution in [0.25, 0.3) is 0 Å².